The molecule has 10 atom stereocenters. The molecule has 22 nitrogen and oxygen atoms in total. The molecule has 440 valence electrons. The van der Waals surface area contributed by atoms with Gasteiger partial charge in [-0.2, -0.15) is 0 Å². The molecule has 0 saturated heterocycles. The molecule has 4 rings (SSSR count). The van der Waals surface area contributed by atoms with Gasteiger partial charge in [-0.25, -0.2) is 9.59 Å². The summed E-state index contributed by atoms with van der Waals surface area (Å²) in [6.07, 6.45) is 6.63. The van der Waals surface area contributed by atoms with Crippen molar-refractivity contribution in [3.05, 3.63) is 117 Å². The van der Waals surface area contributed by atoms with Gasteiger partial charge in [0.15, 0.2) is 23.8 Å². The standard InChI is InChI=1S/C59H78N6O16/c1-30-22-38-48(42(66)28-40(52(38)70)64-56(72)32(3)16-13-18-44(76-9)54(80-58(60)74)36(7)26-34(5)50(68)46(24-30)78-11)62-20-15-21-63-49-39-23-31(2)25-47(79-12)51(69)35(6)27-37(8)55(81-59(61)75)45(77-10)19-14-17-33(4)57(73)65-41(53(39)71)29-43(49)67/h13-14,16-19,26-31,34-35,44-47,54-55,62-63H,15,20-25H2,1-12H3,(H2,60,74)(H2,61,75)(H,64,72)(H,65,73)/b18-13-,19-14-,32-16+,33-17+,36-26+,37-27+/t30-,31-,34+,35+,44+,45+,46+,47+,54+,55+/m1/s1. The number of ether oxygens (including phenoxy) is 6. The Morgan fingerprint density at radius 3 is 1.25 bits per heavy atom. The van der Waals surface area contributed by atoms with Crippen molar-refractivity contribution in [2.45, 2.75) is 124 Å². The monoisotopic (exact) mass is 1130 g/mol. The van der Waals surface area contributed by atoms with Crippen molar-refractivity contribution in [1.29, 1.82) is 0 Å². The summed E-state index contributed by atoms with van der Waals surface area (Å²) < 4.78 is 33.4. The van der Waals surface area contributed by atoms with Gasteiger partial charge in [-0.1, -0.05) is 76.3 Å². The summed E-state index contributed by atoms with van der Waals surface area (Å²) in [6.45, 7) is 13.3. The van der Waals surface area contributed by atoms with Gasteiger partial charge in [-0.05, 0) is 82.8 Å². The molecule has 0 aromatic rings. The third kappa shape index (κ3) is 18.2. The molecule has 0 aromatic heterocycles. The van der Waals surface area contributed by atoms with Gasteiger partial charge in [0.05, 0.1) is 22.8 Å². The number of ketones is 6. The minimum absolute atomic E-state index is 0.0237. The molecule has 81 heavy (non-hydrogen) atoms. The number of Topliss-reactive ketones (excluding diaryl/α,β-unsaturated/α-hetero) is 4. The summed E-state index contributed by atoms with van der Waals surface area (Å²) >= 11 is 0. The smallest absolute Gasteiger partial charge is 0.405 e. The Balaban J connectivity index is 1.65. The van der Waals surface area contributed by atoms with E-state index in [4.69, 9.17) is 39.9 Å². The molecule has 0 spiro atoms. The number of nitrogens with two attached hydrogens (primary N) is 2. The number of nitrogens with one attached hydrogen (secondary N) is 4. The lowest BCUT2D eigenvalue weighted by Crippen LogP contribution is -2.38. The van der Waals surface area contributed by atoms with Gasteiger partial charge in [0.2, 0.25) is 23.1 Å². The summed E-state index contributed by atoms with van der Waals surface area (Å²) in [5.74, 6) is -6.90. The van der Waals surface area contributed by atoms with E-state index in [1.165, 1.54) is 78.7 Å². The number of fused-ring (bicyclic) bond motifs is 4. The molecule has 4 amide bonds. The zero-order valence-electron chi connectivity index (χ0n) is 48.2. The topological polar surface area (TPSA) is 326 Å². The summed E-state index contributed by atoms with van der Waals surface area (Å²) in [7, 11) is 5.52. The third-order valence-electron chi connectivity index (χ3n) is 14.1. The Bertz CT molecular complexity index is 2620. The molecule has 0 radical (unpaired) electrons. The van der Waals surface area contributed by atoms with Crippen LogP contribution >= 0.6 is 0 Å². The summed E-state index contributed by atoms with van der Waals surface area (Å²) in [5.41, 5.74) is 11.5. The van der Waals surface area contributed by atoms with Gasteiger partial charge in [0.25, 0.3) is 11.8 Å². The lowest BCUT2D eigenvalue weighted by molar-refractivity contribution is -0.132. The number of amides is 4. The maximum atomic E-state index is 14.3. The van der Waals surface area contributed by atoms with E-state index in [-0.39, 0.29) is 102 Å². The van der Waals surface area contributed by atoms with Crippen molar-refractivity contribution in [2.75, 3.05) is 41.5 Å². The van der Waals surface area contributed by atoms with Crippen molar-refractivity contribution in [1.82, 2.24) is 21.3 Å². The minimum atomic E-state index is -1.08. The Hall–Kier alpha value is -7.66. The van der Waals surface area contributed by atoms with E-state index < -0.39 is 107 Å². The predicted octanol–water partition coefficient (Wildman–Crippen LogP) is 4.52. The van der Waals surface area contributed by atoms with Gasteiger partial charge < -0.3 is 61.2 Å². The van der Waals surface area contributed by atoms with E-state index in [1.807, 2.05) is 0 Å². The lowest BCUT2D eigenvalue weighted by Gasteiger charge is -2.26. The fraction of sp³-hybridized carbons (Fsp3) is 0.492. The number of allylic oxidation sites excluding steroid dienone is 10. The largest absolute Gasteiger partial charge is 0.439 e. The van der Waals surface area contributed by atoms with E-state index in [2.05, 4.69) is 21.3 Å². The molecule has 4 aliphatic rings. The number of rotatable bonds is 12. The highest BCUT2D eigenvalue weighted by molar-refractivity contribution is 6.24. The molecule has 8 N–H and O–H groups in total. The molecule has 22 heteroatoms. The highest BCUT2D eigenvalue weighted by Gasteiger charge is 2.36. The normalized spacial score (nSPS) is 30.9. The van der Waals surface area contributed by atoms with E-state index in [0.29, 0.717) is 11.1 Å². The second-order valence-electron chi connectivity index (χ2n) is 20.7. The first-order chi connectivity index (χ1) is 38.3. The van der Waals surface area contributed by atoms with Crippen LogP contribution < -0.4 is 32.7 Å². The Kier molecular flexibility index (Phi) is 25.0. The summed E-state index contributed by atoms with van der Waals surface area (Å²) in [4.78, 5) is 135. The van der Waals surface area contributed by atoms with Crippen molar-refractivity contribution < 1.29 is 76.4 Å². The number of carbonyl (C=O) groups excluding carboxylic acids is 10. The van der Waals surface area contributed by atoms with Crippen LogP contribution in [0.3, 0.4) is 0 Å². The van der Waals surface area contributed by atoms with E-state index in [9.17, 15) is 47.9 Å². The van der Waals surface area contributed by atoms with Crippen molar-refractivity contribution in [2.24, 2.45) is 35.1 Å². The van der Waals surface area contributed by atoms with Gasteiger partial charge in [0, 0.05) is 87.8 Å². The van der Waals surface area contributed by atoms with Crippen LogP contribution in [0.2, 0.25) is 0 Å². The van der Waals surface area contributed by atoms with E-state index in [0.717, 1.165) is 12.2 Å². The average molecular weight is 1130 g/mol. The van der Waals surface area contributed by atoms with Gasteiger partial charge in [0.1, 0.15) is 24.4 Å². The molecule has 0 fully saturated rings. The molecule has 0 saturated carbocycles. The molecule has 2 heterocycles. The Labute approximate surface area is 472 Å². The number of hydrogen-bond acceptors (Lipinski definition) is 18. The third-order valence-corrected chi connectivity index (χ3v) is 14.1. The van der Waals surface area contributed by atoms with Gasteiger partial charge >= 0.3 is 12.2 Å². The first-order valence-electron chi connectivity index (χ1n) is 26.6. The fourth-order valence-corrected chi connectivity index (χ4v) is 9.75. The SMILES string of the molecule is CO[C@H]1C[C@H](C)CC2=C(NCCCNC3=C4C[C@@H](C)C[C@H](OC)C(=O)[C@@H](C)/C=C(\C)[C@H](OC(N)=O)[C@@H](OC)/C=C\C=C(/C)C(=O)NC(=CC3=O)C4=O)C(=O)C=C(NC(=O)/C(C)=C/C=C\[C@H](OC)[C@@H](OC(N)=O)/C(C)=C/[C@H](C)C1=O)C2=O. The molecular formula is C59H78N6O16. The zero-order chi connectivity index (χ0) is 60.4. The molecule has 4 bridgehead atoms. The van der Waals surface area contributed by atoms with Crippen LogP contribution in [-0.2, 0) is 66.8 Å². The second kappa shape index (κ2) is 30.8. The highest BCUT2D eigenvalue weighted by Crippen LogP contribution is 2.30. The molecule has 0 unspecified atom stereocenters. The maximum Gasteiger partial charge on any atom is 0.405 e. The molecule has 0 aromatic carbocycles. The Morgan fingerprint density at radius 1 is 0.568 bits per heavy atom. The van der Waals surface area contributed by atoms with Gasteiger partial charge in [-0.3, -0.25) is 38.4 Å². The van der Waals surface area contributed by atoms with E-state index in [1.54, 1.807) is 53.7 Å². The summed E-state index contributed by atoms with van der Waals surface area (Å²) in [5, 5.41) is 11.3. The van der Waals surface area contributed by atoms with E-state index >= 15 is 0 Å². The molecule has 2 aliphatic heterocycles. The average Bonchev–Trinajstić information content (AvgIpc) is 3.45. The number of hydrogen-bond donors (Lipinski definition) is 6. The second-order valence-corrected chi connectivity index (χ2v) is 20.7. The van der Waals surface area contributed by atoms with Crippen LogP contribution in [-0.4, -0.2) is 137 Å². The van der Waals surface area contributed by atoms with Crippen molar-refractivity contribution in [3.8, 4) is 0 Å². The maximum absolute atomic E-state index is 14.3. The van der Waals surface area contributed by atoms with Crippen LogP contribution in [0.4, 0.5) is 9.59 Å². The molecule has 2 aliphatic carbocycles. The van der Waals surface area contributed by atoms with Gasteiger partial charge in [-0.15, -0.1) is 0 Å². The van der Waals surface area contributed by atoms with Crippen molar-refractivity contribution in [3.63, 3.8) is 0 Å². The van der Waals surface area contributed by atoms with Crippen molar-refractivity contribution >= 4 is 58.7 Å². The quantitative estimate of drug-likeness (QED) is 0.0888. The number of methoxy groups -OCH3 is 4. The minimum Gasteiger partial charge on any atom is -0.439 e. The zero-order valence-corrected chi connectivity index (χ0v) is 48.2. The summed E-state index contributed by atoms with van der Waals surface area (Å²) in [6, 6.07) is 0. The van der Waals surface area contributed by atoms with Crippen LogP contribution in [0.1, 0.15) is 87.5 Å². The Morgan fingerprint density at radius 2 is 0.926 bits per heavy atom. The van der Waals surface area contributed by atoms with Crippen LogP contribution in [0.15, 0.2) is 117 Å². The number of carbonyl (C=O) groups is 10. The predicted molar refractivity (Wildman–Crippen MR) is 298 cm³/mol. The lowest BCUT2D eigenvalue weighted by atomic mass is 9.85. The first-order valence-corrected chi connectivity index (χ1v) is 26.6. The number of primary amides is 2. The van der Waals surface area contributed by atoms with Crippen LogP contribution in [0.5, 0.6) is 0 Å². The first kappa shape index (κ1) is 65.9. The highest BCUT2D eigenvalue weighted by atomic mass is 16.6. The van der Waals surface area contributed by atoms with Crippen LogP contribution in [0.25, 0.3) is 0 Å². The molecular weight excluding hydrogens is 1050 g/mol. The van der Waals surface area contributed by atoms with Crippen LogP contribution in [0, 0.1) is 23.7 Å². The fourth-order valence-electron chi connectivity index (χ4n) is 9.75.